The summed E-state index contributed by atoms with van der Waals surface area (Å²) in [6.07, 6.45) is 17.3. The van der Waals surface area contributed by atoms with Crippen LogP contribution >= 0.6 is 0 Å². The summed E-state index contributed by atoms with van der Waals surface area (Å²) >= 11 is 0. The smallest absolute Gasteiger partial charge is 0.302 e. The molecule has 0 N–H and O–H groups in total. The number of hydrogen-bond donors (Lipinski definition) is 0. The number of ether oxygens (including phenoxy) is 1. The number of fused-ring (bicyclic) bond motifs is 5. The summed E-state index contributed by atoms with van der Waals surface area (Å²) in [4.78, 5) is 11.5. The zero-order chi connectivity index (χ0) is 24.0. The molecular weight excluding hydrogens is 404 g/mol. The van der Waals surface area contributed by atoms with E-state index in [0.717, 1.165) is 48.3 Å². The maximum Gasteiger partial charge on any atom is 0.302 e. The molecule has 0 aromatic rings. The minimum Gasteiger partial charge on any atom is -0.463 e. The molecule has 2 nitrogen and oxygen atoms in total. The van der Waals surface area contributed by atoms with Crippen LogP contribution in [0.2, 0.25) is 0 Å². The number of allylic oxidation sites excluding steroid dienone is 2. The van der Waals surface area contributed by atoms with Gasteiger partial charge in [0.15, 0.2) is 0 Å². The Morgan fingerprint density at radius 1 is 1.03 bits per heavy atom. The van der Waals surface area contributed by atoms with Crippen molar-refractivity contribution in [2.24, 2.45) is 52.3 Å². The van der Waals surface area contributed by atoms with Gasteiger partial charge in [0.05, 0.1) is 0 Å². The predicted molar refractivity (Wildman–Crippen MR) is 138 cm³/mol. The van der Waals surface area contributed by atoms with Crippen LogP contribution in [0.4, 0.5) is 0 Å². The van der Waals surface area contributed by atoms with Crippen molar-refractivity contribution < 1.29 is 9.53 Å². The van der Waals surface area contributed by atoms with Crippen molar-refractivity contribution in [1.82, 2.24) is 0 Å². The molecule has 0 saturated heterocycles. The van der Waals surface area contributed by atoms with Gasteiger partial charge in [-0.15, -0.1) is 0 Å². The average molecular weight is 457 g/mol. The van der Waals surface area contributed by atoms with Gasteiger partial charge >= 0.3 is 5.97 Å². The largest absolute Gasteiger partial charge is 0.463 e. The fourth-order valence-electron chi connectivity index (χ4n) is 9.48. The molecule has 0 heterocycles. The molecule has 0 aromatic heterocycles. The van der Waals surface area contributed by atoms with Crippen LogP contribution in [0.25, 0.3) is 0 Å². The van der Waals surface area contributed by atoms with Gasteiger partial charge in [-0.3, -0.25) is 4.79 Å². The predicted octanol–water partition coefficient (Wildman–Crippen LogP) is 8.60. The summed E-state index contributed by atoms with van der Waals surface area (Å²) in [5, 5.41) is 0. The van der Waals surface area contributed by atoms with Gasteiger partial charge in [0.1, 0.15) is 6.10 Å². The fraction of sp³-hybridized carbons (Fsp3) is 0.903. The SMILES string of the molecule is CCC(CC[C@@H](C)C1CCC2C3=CC[C@H]4CC(OC(C)=O)CCC4(C)C3CCC21C)C(C)C. The Kier molecular flexibility index (Phi) is 7.43. The van der Waals surface area contributed by atoms with E-state index in [-0.39, 0.29) is 12.1 Å². The van der Waals surface area contributed by atoms with E-state index in [4.69, 9.17) is 4.74 Å². The van der Waals surface area contributed by atoms with Crippen molar-refractivity contribution in [2.45, 2.75) is 125 Å². The van der Waals surface area contributed by atoms with Crippen LogP contribution < -0.4 is 0 Å². The monoisotopic (exact) mass is 456 g/mol. The summed E-state index contributed by atoms with van der Waals surface area (Å²) in [5.74, 6) is 5.65. The summed E-state index contributed by atoms with van der Waals surface area (Å²) in [6.45, 7) is 16.6. The highest BCUT2D eigenvalue weighted by Crippen LogP contribution is 2.67. The van der Waals surface area contributed by atoms with Crippen molar-refractivity contribution in [3.8, 4) is 0 Å². The lowest BCUT2D eigenvalue weighted by Crippen LogP contribution is -2.50. The first-order chi connectivity index (χ1) is 15.6. The topological polar surface area (TPSA) is 26.3 Å². The third kappa shape index (κ3) is 4.58. The van der Waals surface area contributed by atoms with Crippen molar-refractivity contribution in [2.75, 3.05) is 0 Å². The summed E-state index contributed by atoms with van der Waals surface area (Å²) < 4.78 is 5.65. The molecule has 0 amide bonds. The molecule has 188 valence electrons. The van der Waals surface area contributed by atoms with Crippen LogP contribution in [0.1, 0.15) is 119 Å². The van der Waals surface area contributed by atoms with Gasteiger partial charge in [0.25, 0.3) is 0 Å². The van der Waals surface area contributed by atoms with E-state index in [1.165, 1.54) is 57.8 Å². The first-order valence-electron chi connectivity index (χ1n) is 14.5. The summed E-state index contributed by atoms with van der Waals surface area (Å²) in [7, 11) is 0. The molecule has 3 fully saturated rings. The van der Waals surface area contributed by atoms with E-state index < -0.39 is 0 Å². The molecule has 4 aliphatic rings. The molecule has 33 heavy (non-hydrogen) atoms. The van der Waals surface area contributed by atoms with Crippen LogP contribution in [0.5, 0.6) is 0 Å². The standard InChI is InChI=1S/C31H52O2/c1-8-23(20(2)3)10-9-21(4)27-13-14-28-26-12-11-24-19-25(33-22(5)32)15-17-30(24,6)29(26)16-18-31(27,28)7/h12,20-21,23-25,27-29H,8-11,13-19H2,1-7H3/t21-,23?,24+,25?,27?,28?,29?,30?,31?/m1/s1. The molecule has 0 spiro atoms. The number of esters is 1. The minimum atomic E-state index is -0.103. The van der Waals surface area contributed by atoms with Crippen LogP contribution in [0.3, 0.4) is 0 Å². The van der Waals surface area contributed by atoms with E-state index >= 15 is 0 Å². The van der Waals surface area contributed by atoms with Gasteiger partial charge in [-0.2, -0.15) is 0 Å². The highest BCUT2D eigenvalue weighted by molar-refractivity contribution is 5.66. The highest BCUT2D eigenvalue weighted by Gasteiger charge is 2.58. The Morgan fingerprint density at radius 2 is 1.73 bits per heavy atom. The third-order valence-corrected chi connectivity index (χ3v) is 11.6. The van der Waals surface area contributed by atoms with Crippen molar-refractivity contribution in [3.63, 3.8) is 0 Å². The summed E-state index contributed by atoms with van der Waals surface area (Å²) in [6, 6.07) is 0. The Morgan fingerprint density at radius 3 is 2.39 bits per heavy atom. The van der Waals surface area contributed by atoms with Crippen molar-refractivity contribution in [1.29, 1.82) is 0 Å². The van der Waals surface area contributed by atoms with Crippen LogP contribution in [-0.4, -0.2) is 12.1 Å². The number of carbonyl (C=O) groups excluding carboxylic acids is 1. The fourth-order valence-corrected chi connectivity index (χ4v) is 9.48. The zero-order valence-electron chi connectivity index (χ0n) is 22.8. The van der Waals surface area contributed by atoms with E-state index in [1.807, 2.05) is 5.57 Å². The molecular formula is C31H52O2. The number of rotatable bonds is 7. The Balaban J connectivity index is 1.46. The Bertz CT molecular complexity index is 737. The second-order valence-electron chi connectivity index (χ2n) is 13.4. The lowest BCUT2D eigenvalue weighted by molar-refractivity contribution is -0.152. The maximum atomic E-state index is 11.5. The molecule has 4 rings (SSSR count). The molecule has 0 aliphatic heterocycles. The van der Waals surface area contributed by atoms with E-state index in [1.54, 1.807) is 6.92 Å². The Labute approximate surface area is 204 Å². The normalized spacial score (nSPS) is 42.1. The number of hydrogen-bond acceptors (Lipinski definition) is 2. The average Bonchev–Trinajstić information content (AvgIpc) is 3.11. The number of carbonyl (C=O) groups is 1. The maximum absolute atomic E-state index is 11.5. The van der Waals surface area contributed by atoms with E-state index in [0.29, 0.717) is 16.7 Å². The van der Waals surface area contributed by atoms with Gasteiger partial charge in [-0.25, -0.2) is 0 Å². The molecule has 9 atom stereocenters. The molecule has 0 radical (unpaired) electrons. The zero-order valence-corrected chi connectivity index (χ0v) is 22.8. The Hall–Kier alpha value is -0.790. The lowest BCUT2D eigenvalue weighted by Gasteiger charge is -2.58. The van der Waals surface area contributed by atoms with Gasteiger partial charge in [0.2, 0.25) is 0 Å². The lowest BCUT2D eigenvalue weighted by atomic mass is 9.47. The quantitative estimate of drug-likeness (QED) is 0.283. The van der Waals surface area contributed by atoms with Gasteiger partial charge < -0.3 is 4.74 Å². The van der Waals surface area contributed by atoms with E-state index in [9.17, 15) is 4.79 Å². The second kappa shape index (κ2) is 9.69. The van der Waals surface area contributed by atoms with Crippen LogP contribution in [0, 0.1) is 52.3 Å². The molecule has 0 bridgehead atoms. The first-order valence-corrected chi connectivity index (χ1v) is 14.5. The van der Waals surface area contributed by atoms with Gasteiger partial charge in [0, 0.05) is 6.92 Å². The molecule has 2 heteroatoms. The van der Waals surface area contributed by atoms with Crippen molar-refractivity contribution in [3.05, 3.63) is 11.6 Å². The van der Waals surface area contributed by atoms with E-state index in [2.05, 4.69) is 47.6 Å². The van der Waals surface area contributed by atoms with Gasteiger partial charge in [-0.05, 0) is 110 Å². The molecule has 3 saturated carbocycles. The van der Waals surface area contributed by atoms with Crippen LogP contribution in [0.15, 0.2) is 11.6 Å². The molecule has 0 aromatic carbocycles. The van der Waals surface area contributed by atoms with Gasteiger partial charge in [-0.1, -0.05) is 66.0 Å². The second-order valence-corrected chi connectivity index (χ2v) is 13.4. The highest BCUT2D eigenvalue weighted by atomic mass is 16.5. The van der Waals surface area contributed by atoms with Crippen LogP contribution in [-0.2, 0) is 9.53 Å². The summed E-state index contributed by atoms with van der Waals surface area (Å²) in [5.41, 5.74) is 2.79. The first kappa shape index (κ1) is 25.3. The molecule has 7 unspecified atom stereocenters. The minimum absolute atomic E-state index is 0.103. The van der Waals surface area contributed by atoms with Crippen molar-refractivity contribution >= 4 is 5.97 Å². The molecule has 4 aliphatic carbocycles. The third-order valence-electron chi connectivity index (χ3n) is 11.6.